The molecule has 1 aromatic heterocycles. The van der Waals surface area contributed by atoms with E-state index < -0.39 is 0 Å². The molecule has 0 amide bonds. The van der Waals surface area contributed by atoms with Gasteiger partial charge in [-0.15, -0.1) is 0 Å². The minimum absolute atomic E-state index is 0.315. The Bertz CT molecular complexity index is 553. The zero-order valence-electron chi connectivity index (χ0n) is 10.9. The molecule has 0 saturated carbocycles. The Kier molecular flexibility index (Phi) is 3.92. The van der Waals surface area contributed by atoms with Gasteiger partial charge < -0.3 is 5.73 Å². The van der Waals surface area contributed by atoms with Crippen molar-refractivity contribution in [3.63, 3.8) is 0 Å². The van der Waals surface area contributed by atoms with Gasteiger partial charge in [0.15, 0.2) is 0 Å². The highest BCUT2D eigenvalue weighted by molar-refractivity contribution is 5.83. The fourth-order valence-electron chi connectivity index (χ4n) is 1.86. The topological polar surface area (TPSA) is 51.3 Å². The largest absolute Gasteiger partial charge is 0.387 e. The van der Waals surface area contributed by atoms with Crippen molar-refractivity contribution >= 4 is 16.7 Å². The molecular weight excluding hydrogens is 222 g/mol. The van der Waals surface area contributed by atoms with E-state index in [0.717, 1.165) is 24.3 Å². The Morgan fingerprint density at radius 2 is 2.06 bits per heavy atom. The number of para-hydroxylation sites is 1. The van der Waals surface area contributed by atoms with Gasteiger partial charge in [-0.25, -0.2) is 0 Å². The third-order valence-corrected chi connectivity index (χ3v) is 2.98. The van der Waals surface area contributed by atoms with E-state index in [1.54, 1.807) is 0 Å². The van der Waals surface area contributed by atoms with E-state index in [-0.39, 0.29) is 0 Å². The van der Waals surface area contributed by atoms with Crippen molar-refractivity contribution in [3.05, 3.63) is 42.1 Å². The van der Waals surface area contributed by atoms with Crippen molar-refractivity contribution in [1.29, 1.82) is 0 Å². The quantitative estimate of drug-likeness (QED) is 0.661. The van der Waals surface area contributed by atoms with Crippen LogP contribution in [0.1, 0.15) is 19.4 Å². The van der Waals surface area contributed by atoms with Crippen LogP contribution < -0.4 is 5.73 Å². The van der Waals surface area contributed by atoms with Crippen LogP contribution in [0.25, 0.3) is 10.9 Å². The van der Waals surface area contributed by atoms with Gasteiger partial charge in [-0.3, -0.25) is 9.98 Å². The van der Waals surface area contributed by atoms with Gasteiger partial charge in [0, 0.05) is 24.0 Å². The number of rotatable bonds is 4. The number of hydrogen-bond donors (Lipinski definition) is 1. The van der Waals surface area contributed by atoms with E-state index in [1.807, 2.05) is 12.3 Å². The number of pyridine rings is 1. The number of benzene rings is 1. The second-order valence-corrected chi connectivity index (χ2v) is 4.70. The maximum atomic E-state index is 5.83. The molecule has 0 atom stereocenters. The fraction of sp³-hybridized carbons (Fsp3) is 0.333. The lowest BCUT2D eigenvalue weighted by atomic mass is 10.1. The molecule has 1 heterocycles. The van der Waals surface area contributed by atoms with Crippen LogP contribution in [0.5, 0.6) is 0 Å². The summed E-state index contributed by atoms with van der Waals surface area (Å²) in [4.78, 5) is 8.83. The van der Waals surface area contributed by atoms with E-state index in [0.29, 0.717) is 5.92 Å². The number of fused-ring (bicyclic) bond motifs is 1. The number of aromatic nitrogens is 1. The van der Waals surface area contributed by atoms with Crippen LogP contribution in [-0.2, 0) is 6.42 Å². The van der Waals surface area contributed by atoms with Gasteiger partial charge in [0.05, 0.1) is 11.4 Å². The number of nitrogens with zero attached hydrogens (tertiary/aromatic N) is 2. The molecule has 2 aromatic rings. The summed E-state index contributed by atoms with van der Waals surface area (Å²) in [6.07, 6.45) is 2.71. The first-order valence-electron chi connectivity index (χ1n) is 6.31. The standard InChI is InChI=1S/C15H19N3/c1-11(2)15(16)18-10-8-13-6-3-5-12-7-4-9-17-14(12)13/h3-7,9,11H,8,10H2,1-2H3,(H2,16,18). The average molecular weight is 241 g/mol. The molecule has 18 heavy (non-hydrogen) atoms. The molecule has 2 N–H and O–H groups in total. The molecule has 0 radical (unpaired) electrons. The fourth-order valence-corrected chi connectivity index (χ4v) is 1.86. The molecule has 0 bridgehead atoms. The Hall–Kier alpha value is -1.90. The summed E-state index contributed by atoms with van der Waals surface area (Å²) in [5.74, 6) is 1.04. The molecule has 0 fully saturated rings. The normalized spacial score (nSPS) is 12.3. The smallest absolute Gasteiger partial charge is 0.0962 e. The minimum Gasteiger partial charge on any atom is -0.387 e. The van der Waals surface area contributed by atoms with Crippen molar-refractivity contribution in [1.82, 2.24) is 4.98 Å². The van der Waals surface area contributed by atoms with E-state index in [9.17, 15) is 0 Å². The van der Waals surface area contributed by atoms with Crippen molar-refractivity contribution in [3.8, 4) is 0 Å². The lowest BCUT2D eigenvalue weighted by Crippen LogP contribution is -2.19. The van der Waals surface area contributed by atoms with Gasteiger partial charge in [0.2, 0.25) is 0 Å². The lowest BCUT2D eigenvalue weighted by molar-refractivity contribution is 0.848. The average Bonchev–Trinajstić information content (AvgIpc) is 2.38. The maximum Gasteiger partial charge on any atom is 0.0962 e. The third kappa shape index (κ3) is 2.86. The molecule has 2 rings (SSSR count). The monoisotopic (exact) mass is 241 g/mol. The van der Waals surface area contributed by atoms with Gasteiger partial charge in [-0.1, -0.05) is 38.1 Å². The van der Waals surface area contributed by atoms with Crippen LogP contribution in [0.4, 0.5) is 0 Å². The summed E-state index contributed by atoms with van der Waals surface area (Å²) in [6, 6.07) is 10.3. The van der Waals surface area contributed by atoms with Gasteiger partial charge in [0.25, 0.3) is 0 Å². The summed E-state index contributed by atoms with van der Waals surface area (Å²) in [7, 11) is 0. The second-order valence-electron chi connectivity index (χ2n) is 4.70. The summed E-state index contributed by atoms with van der Waals surface area (Å²) in [5.41, 5.74) is 8.13. The van der Waals surface area contributed by atoms with E-state index in [4.69, 9.17) is 5.73 Å². The highest BCUT2D eigenvalue weighted by atomic mass is 14.9. The predicted octanol–water partition coefficient (Wildman–Crippen LogP) is 2.79. The Balaban J connectivity index is 2.15. The molecule has 0 unspecified atom stereocenters. The van der Waals surface area contributed by atoms with E-state index in [2.05, 4.69) is 48.1 Å². The Morgan fingerprint density at radius 1 is 1.28 bits per heavy atom. The number of nitrogens with two attached hydrogens (primary N) is 1. The molecule has 1 aromatic carbocycles. The Morgan fingerprint density at radius 3 is 2.83 bits per heavy atom. The molecule has 94 valence electrons. The van der Waals surface area contributed by atoms with Crippen molar-refractivity contribution < 1.29 is 0 Å². The first kappa shape index (κ1) is 12.6. The molecule has 3 heteroatoms. The van der Waals surface area contributed by atoms with Gasteiger partial charge in [-0.05, 0) is 18.1 Å². The van der Waals surface area contributed by atoms with Crippen LogP contribution in [0.2, 0.25) is 0 Å². The molecule has 0 aliphatic rings. The first-order chi connectivity index (χ1) is 8.68. The van der Waals surface area contributed by atoms with Crippen LogP contribution in [0, 0.1) is 5.92 Å². The first-order valence-corrected chi connectivity index (χ1v) is 6.31. The van der Waals surface area contributed by atoms with Crippen LogP contribution in [0.15, 0.2) is 41.5 Å². The predicted molar refractivity (Wildman–Crippen MR) is 76.8 cm³/mol. The van der Waals surface area contributed by atoms with Crippen molar-refractivity contribution in [2.75, 3.05) is 6.54 Å². The summed E-state index contributed by atoms with van der Waals surface area (Å²) < 4.78 is 0. The molecule has 0 spiro atoms. The van der Waals surface area contributed by atoms with Gasteiger partial charge >= 0.3 is 0 Å². The SMILES string of the molecule is CC(C)C(N)=NCCc1cccc2cccnc12. The van der Waals surface area contributed by atoms with Crippen LogP contribution in [0.3, 0.4) is 0 Å². The molecule has 0 saturated heterocycles. The van der Waals surface area contributed by atoms with Crippen molar-refractivity contribution in [2.45, 2.75) is 20.3 Å². The molecule has 0 aliphatic carbocycles. The van der Waals surface area contributed by atoms with Crippen LogP contribution in [-0.4, -0.2) is 17.4 Å². The van der Waals surface area contributed by atoms with Crippen molar-refractivity contribution in [2.24, 2.45) is 16.6 Å². The zero-order valence-corrected chi connectivity index (χ0v) is 10.9. The van der Waals surface area contributed by atoms with E-state index in [1.165, 1.54) is 10.9 Å². The van der Waals surface area contributed by atoms with E-state index >= 15 is 0 Å². The van der Waals surface area contributed by atoms with Gasteiger partial charge in [0.1, 0.15) is 0 Å². The Labute approximate surface area is 108 Å². The highest BCUT2D eigenvalue weighted by Crippen LogP contribution is 2.16. The number of hydrogen-bond acceptors (Lipinski definition) is 2. The maximum absolute atomic E-state index is 5.83. The molecule has 0 aliphatic heterocycles. The summed E-state index contributed by atoms with van der Waals surface area (Å²) >= 11 is 0. The number of amidine groups is 1. The van der Waals surface area contributed by atoms with Gasteiger partial charge in [-0.2, -0.15) is 0 Å². The summed E-state index contributed by atoms with van der Waals surface area (Å²) in [5, 5.41) is 1.18. The second kappa shape index (κ2) is 5.63. The third-order valence-electron chi connectivity index (χ3n) is 2.98. The highest BCUT2D eigenvalue weighted by Gasteiger charge is 2.02. The molecule has 3 nitrogen and oxygen atoms in total. The number of aliphatic imine (C=N–C) groups is 1. The zero-order chi connectivity index (χ0) is 13.0. The lowest BCUT2D eigenvalue weighted by Gasteiger charge is -2.06. The van der Waals surface area contributed by atoms with Crippen LogP contribution >= 0.6 is 0 Å². The molecular formula is C15H19N3. The minimum atomic E-state index is 0.315. The summed E-state index contributed by atoms with van der Waals surface area (Å²) in [6.45, 7) is 4.83.